The number of carbonyl (C=O) groups is 2. The zero-order valence-corrected chi connectivity index (χ0v) is 35.6. The van der Waals surface area contributed by atoms with Crippen molar-refractivity contribution in [3.8, 4) is 0 Å². The Hall–Kier alpha value is -3.11. The first kappa shape index (κ1) is 46.0. The van der Waals surface area contributed by atoms with E-state index >= 15 is 0 Å². The maximum Gasteiger partial charge on any atom is 0.307 e. The van der Waals surface area contributed by atoms with E-state index in [1.807, 2.05) is 63.2 Å². The van der Waals surface area contributed by atoms with Crippen molar-refractivity contribution in [2.45, 2.75) is 63.4 Å². The van der Waals surface area contributed by atoms with Crippen LogP contribution in [0.25, 0.3) is 0 Å². The van der Waals surface area contributed by atoms with Gasteiger partial charge in [0.1, 0.15) is 0 Å². The smallest absolute Gasteiger partial charge is 0.307 e. The second kappa shape index (κ2) is 23.6. The van der Waals surface area contributed by atoms with Crippen LogP contribution in [-0.2, 0) is 51.2 Å². The van der Waals surface area contributed by atoms with E-state index in [2.05, 4.69) is 43.2 Å². The van der Waals surface area contributed by atoms with E-state index in [0.29, 0.717) is 19.6 Å². The molecule has 0 heterocycles. The minimum Gasteiger partial charge on any atom is -0.466 e. The van der Waals surface area contributed by atoms with E-state index in [1.54, 1.807) is 43.3 Å². The standard InChI is InChI=1S/C19H22BrNO4S.C12H16BrNO2.C7H7ClO2S/c1-3-25-19(22)11-12-21(14-16-5-4-6-17(20)13-16)26(23,24)18-9-7-15(2)8-10-18;1-2-16-12(15)6-7-14-9-10-4-3-5-11(13)8-10;1-6-2-4-7(5-3-6)11(8,9)10/h4-10,13H,3,11-12,14H2,1-2H3;3-5,8,14H,2,6-7,9H2,1H3;2-5H,1H3. The van der Waals surface area contributed by atoms with Crippen LogP contribution in [0.3, 0.4) is 0 Å². The highest BCUT2D eigenvalue weighted by Crippen LogP contribution is 2.21. The third kappa shape index (κ3) is 18.2. The molecular formula is C38H45Br2ClN2O8S2. The number of hydrogen-bond acceptors (Lipinski definition) is 9. The molecule has 0 amide bonds. The van der Waals surface area contributed by atoms with Crippen LogP contribution < -0.4 is 5.32 Å². The van der Waals surface area contributed by atoms with E-state index in [4.69, 9.17) is 20.2 Å². The van der Waals surface area contributed by atoms with Crippen molar-refractivity contribution >= 4 is 73.6 Å². The van der Waals surface area contributed by atoms with Crippen LogP contribution in [0.15, 0.2) is 116 Å². The summed E-state index contributed by atoms with van der Waals surface area (Å²) in [6, 6.07) is 28.6. The molecule has 288 valence electrons. The molecule has 0 bridgehead atoms. The highest BCUT2D eigenvalue weighted by Gasteiger charge is 2.25. The van der Waals surface area contributed by atoms with Crippen molar-refractivity contribution in [1.29, 1.82) is 0 Å². The number of halogens is 3. The number of rotatable bonds is 15. The Morgan fingerprint density at radius 2 is 1.17 bits per heavy atom. The monoisotopic (exact) mass is 914 g/mol. The Balaban J connectivity index is 0.000000305. The van der Waals surface area contributed by atoms with Crippen LogP contribution in [-0.4, -0.2) is 59.4 Å². The summed E-state index contributed by atoms with van der Waals surface area (Å²) in [7, 11) is -2.19. The van der Waals surface area contributed by atoms with Gasteiger partial charge in [-0.25, -0.2) is 16.8 Å². The summed E-state index contributed by atoms with van der Waals surface area (Å²) in [5, 5.41) is 3.20. The Kier molecular flexibility index (Phi) is 20.5. The van der Waals surface area contributed by atoms with E-state index < -0.39 is 25.0 Å². The van der Waals surface area contributed by atoms with Crippen molar-refractivity contribution in [3.63, 3.8) is 0 Å². The van der Waals surface area contributed by atoms with Crippen molar-refractivity contribution < 1.29 is 35.9 Å². The highest BCUT2D eigenvalue weighted by molar-refractivity contribution is 9.10. The second-order valence-corrected chi connectivity index (χ2v) is 17.8. The first-order valence-electron chi connectivity index (χ1n) is 16.6. The third-order valence-corrected chi connectivity index (χ3v) is 11.3. The summed E-state index contributed by atoms with van der Waals surface area (Å²) in [6.07, 6.45) is 0.425. The molecule has 4 aromatic carbocycles. The maximum absolute atomic E-state index is 13.1. The summed E-state index contributed by atoms with van der Waals surface area (Å²) in [6.45, 7) is 9.68. The number of carbonyl (C=O) groups excluding carboxylic acids is 2. The number of nitrogens with one attached hydrogen (secondary N) is 1. The number of sulfonamides is 1. The van der Waals surface area contributed by atoms with Crippen LogP contribution in [0, 0.1) is 13.8 Å². The number of benzene rings is 4. The highest BCUT2D eigenvalue weighted by atomic mass is 79.9. The largest absolute Gasteiger partial charge is 0.466 e. The predicted octanol–water partition coefficient (Wildman–Crippen LogP) is 8.32. The molecule has 10 nitrogen and oxygen atoms in total. The van der Waals surface area contributed by atoms with E-state index in [0.717, 1.165) is 32.2 Å². The maximum atomic E-state index is 13.1. The van der Waals surface area contributed by atoms with Gasteiger partial charge in [-0.2, -0.15) is 4.31 Å². The quantitative estimate of drug-likeness (QED) is 0.0710. The molecule has 53 heavy (non-hydrogen) atoms. The summed E-state index contributed by atoms with van der Waals surface area (Å²) in [4.78, 5) is 23.1. The molecule has 0 aliphatic heterocycles. The van der Waals surface area contributed by atoms with Gasteiger partial charge in [0, 0.05) is 45.8 Å². The van der Waals surface area contributed by atoms with Crippen molar-refractivity contribution in [2.24, 2.45) is 0 Å². The average Bonchev–Trinajstić information content (AvgIpc) is 3.09. The number of aryl methyl sites for hydroxylation is 2. The number of nitrogens with zero attached hydrogens (tertiary/aromatic N) is 1. The Labute approximate surface area is 335 Å². The van der Waals surface area contributed by atoms with E-state index in [1.165, 1.54) is 22.0 Å². The van der Waals surface area contributed by atoms with Crippen molar-refractivity contribution in [3.05, 3.63) is 128 Å². The SMILES string of the molecule is CCOC(=O)CCN(Cc1cccc(Br)c1)S(=O)(=O)c1ccc(C)cc1.CCOC(=O)CCNCc1cccc(Br)c1.Cc1ccc(S(=O)(=O)Cl)cc1. The van der Waals surface area contributed by atoms with Crippen molar-refractivity contribution in [2.75, 3.05) is 26.3 Å². The van der Waals surface area contributed by atoms with Gasteiger partial charge in [0.2, 0.25) is 10.0 Å². The fourth-order valence-corrected chi connectivity index (χ4v) is 7.53. The molecule has 0 saturated heterocycles. The van der Waals surface area contributed by atoms with Crippen LogP contribution in [0.4, 0.5) is 0 Å². The first-order chi connectivity index (χ1) is 25.0. The Morgan fingerprint density at radius 3 is 1.66 bits per heavy atom. The van der Waals surface area contributed by atoms with Crippen LogP contribution in [0.2, 0.25) is 0 Å². The molecule has 0 fully saturated rings. The van der Waals surface area contributed by atoms with Gasteiger partial charge in [0.15, 0.2) is 0 Å². The summed E-state index contributed by atoms with van der Waals surface area (Å²) in [5.74, 6) is -0.560. The zero-order valence-electron chi connectivity index (χ0n) is 30.1. The molecule has 4 rings (SSSR count). The van der Waals surface area contributed by atoms with Gasteiger partial charge in [0.05, 0.1) is 35.8 Å². The minimum absolute atomic E-state index is 0.00688. The predicted molar refractivity (Wildman–Crippen MR) is 215 cm³/mol. The summed E-state index contributed by atoms with van der Waals surface area (Å²) in [5.41, 5.74) is 4.01. The Bertz CT molecular complexity index is 1960. The average molecular weight is 917 g/mol. The number of esters is 2. The number of hydrogen-bond donors (Lipinski definition) is 1. The summed E-state index contributed by atoms with van der Waals surface area (Å²) < 4.78 is 60.6. The van der Waals surface area contributed by atoms with E-state index in [-0.39, 0.29) is 41.9 Å². The summed E-state index contributed by atoms with van der Waals surface area (Å²) >= 11 is 6.81. The molecule has 0 aliphatic carbocycles. The van der Waals surface area contributed by atoms with Crippen LogP contribution in [0.5, 0.6) is 0 Å². The minimum atomic E-state index is -3.73. The van der Waals surface area contributed by atoms with Gasteiger partial charge in [-0.15, -0.1) is 0 Å². The van der Waals surface area contributed by atoms with Gasteiger partial charge in [-0.05, 0) is 87.4 Å². The molecule has 15 heteroatoms. The fourth-order valence-electron chi connectivity index (χ4n) is 4.44. The molecule has 0 aliphatic rings. The van der Waals surface area contributed by atoms with Crippen LogP contribution >= 0.6 is 42.5 Å². The topological polar surface area (TPSA) is 136 Å². The lowest BCUT2D eigenvalue weighted by Crippen LogP contribution is -2.33. The molecule has 0 spiro atoms. The normalized spacial score (nSPS) is 11.1. The third-order valence-electron chi connectivity index (χ3n) is 7.11. The number of ether oxygens (including phenoxy) is 2. The molecule has 0 aromatic heterocycles. The molecule has 1 N–H and O–H groups in total. The molecular weight excluding hydrogens is 872 g/mol. The van der Waals surface area contributed by atoms with Gasteiger partial charge in [-0.1, -0.05) is 91.5 Å². The lowest BCUT2D eigenvalue weighted by molar-refractivity contribution is -0.144. The molecule has 0 atom stereocenters. The van der Waals surface area contributed by atoms with Gasteiger partial charge in [0.25, 0.3) is 9.05 Å². The molecule has 0 unspecified atom stereocenters. The van der Waals surface area contributed by atoms with Crippen molar-refractivity contribution in [1.82, 2.24) is 9.62 Å². The molecule has 0 radical (unpaired) electrons. The second-order valence-electron chi connectivity index (χ2n) is 11.4. The first-order valence-corrected chi connectivity index (χ1v) is 22.0. The molecule has 0 saturated carbocycles. The van der Waals surface area contributed by atoms with E-state index in [9.17, 15) is 26.4 Å². The molecule has 4 aromatic rings. The van der Waals surface area contributed by atoms with Gasteiger partial charge in [-0.3, -0.25) is 9.59 Å². The van der Waals surface area contributed by atoms with Gasteiger partial charge < -0.3 is 14.8 Å². The lowest BCUT2D eigenvalue weighted by Gasteiger charge is -2.22. The fraction of sp³-hybridized carbons (Fsp3) is 0.316. The lowest BCUT2D eigenvalue weighted by atomic mass is 10.2. The van der Waals surface area contributed by atoms with Gasteiger partial charge >= 0.3 is 11.9 Å². The van der Waals surface area contributed by atoms with Crippen LogP contribution in [0.1, 0.15) is 48.9 Å². The Morgan fingerprint density at radius 1 is 0.698 bits per heavy atom. The zero-order chi connectivity index (χ0) is 39.4.